The Labute approximate surface area is 53.0 Å². The van der Waals surface area contributed by atoms with Gasteiger partial charge in [0.05, 0.1) is 5.92 Å². The molecule has 1 rings (SSSR count). The van der Waals surface area contributed by atoms with Crippen LogP contribution < -0.4 is 0 Å². The Morgan fingerprint density at radius 2 is 2.22 bits per heavy atom. The maximum Gasteiger partial charge on any atom is 0.244 e. The molecule has 52 valence electrons. The number of nitro groups is 1. The van der Waals surface area contributed by atoms with Gasteiger partial charge in [0.25, 0.3) is 0 Å². The zero-order chi connectivity index (χ0) is 7.02. The lowest BCUT2D eigenvalue weighted by Gasteiger charge is -1.86. The molecule has 3 atom stereocenters. The Morgan fingerprint density at radius 1 is 1.67 bits per heavy atom. The third-order valence-corrected chi connectivity index (χ3v) is 1.77. The van der Waals surface area contributed by atoms with Gasteiger partial charge in [0.15, 0.2) is 0 Å². The summed E-state index contributed by atoms with van der Waals surface area (Å²) in [6, 6.07) is -0.449. The molecular formula is C5H9NO3. The summed E-state index contributed by atoms with van der Waals surface area (Å²) in [7, 11) is 1.50. The van der Waals surface area contributed by atoms with Crippen LogP contribution >= 0.6 is 0 Å². The van der Waals surface area contributed by atoms with Crippen molar-refractivity contribution >= 4 is 0 Å². The summed E-state index contributed by atoms with van der Waals surface area (Å²) < 4.78 is 4.81. The summed E-state index contributed by atoms with van der Waals surface area (Å²) in [5.41, 5.74) is 0. The lowest BCUT2D eigenvalue weighted by atomic mass is 10.5. The van der Waals surface area contributed by atoms with Gasteiger partial charge in [-0.2, -0.15) is 0 Å². The van der Waals surface area contributed by atoms with Crippen LogP contribution in [0.15, 0.2) is 0 Å². The highest BCUT2D eigenvalue weighted by Gasteiger charge is 2.58. The van der Waals surface area contributed by atoms with Crippen LogP contribution in [0.2, 0.25) is 0 Å². The van der Waals surface area contributed by atoms with Gasteiger partial charge in [0.1, 0.15) is 6.10 Å². The Hall–Kier alpha value is -0.640. The van der Waals surface area contributed by atoms with Crippen LogP contribution in [0, 0.1) is 16.0 Å². The molecule has 4 heteroatoms. The number of nitrogens with zero attached hydrogens (tertiary/aromatic N) is 1. The van der Waals surface area contributed by atoms with E-state index in [1.807, 2.05) is 6.92 Å². The van der Waals surface area contributed by atoms with E-state index in [1.54, 1.807) is 0 Å². The normalized spacial score (nSPS) is 40.4. The van der Waals surface area contributed by atoms with Crippen LogP contribution in [0.4, 0.5) is 0 Å². The number of hydrogen-bond acceptors (Lipinski definition) is 3. The molecule has 0 aromatic rings. The second-order valence-corrected chi connectivity index (χ2v) is 2.34. The van der Waals surface area contributed by atoms with Gasteiger partial charge in [0, 0.05) is 12.0 Å². The molecule has 0 aromatic heterocycles. The topological polar surface area (TPSA) is 52.4 Å². The smallest absolute Gasteiger partial charge is 0.244 e. The molecule has 0 aliphatic heterocycles. The second-order valence-electron chi connectivity index (χ2n) is 2.34. The first-order chi connectivity index (χ1) is 4.18. The van der Waals surface area contributed by atoms with Crippen LogP contribution in [0.1, 0.15) is 6.92 Å². The molecule has 0 bridgehead atoms. The van der Waals surface area contributed by atoms with E-state index < -0.39 is 6.04 Å². The molecule has 0 saturated heterocycles. The number of ether oxygens (including phenoxy) is 1. The third kappa shape index (κ3) is 0.896. The molecule has 0 amide bonds. The van der Waals surface area contributed by atoms with Gasteiger partial charge in [-0.25, -0.2) is 0 Å². The van der Waals surface area contributed by atoms with Crippen molar-refractivity contribution in [1.82, 2.24) is 0 Å². The molecule has 4 nitrogen and oxygen atoms in total. The highest BCUT2D eigenvalue weighted by atomic mass is 16.6. The summed E-state index contributed by atoms with van der Waals surface area (Å²) in [5, 5.41) is 10.1. The van der Waals surface area contributed by atoms with Gasteiger partial charge in [-0.3, -0.25) is 10.1 Å². The SMILES string of the molecule is CO[C@@H]1[C@H](C)[C@@H]1[N+](=O)[O-]. The van der Waals surface area contributed by atoms with E-state index in [0.29, 0.717) is 0 Å². The molecule has 0 radical (unpaired) electrons. The van der Waals surface area contributed by atoms with E-state index in [1.165, 1.54) is 7.11 Å². The quantitative estimate of drug-likeness (QED) is 0.400. The lowest BCUT2D eigenvalue weighted by molar-refractivity contribution is -0.502. The maximum atomic E-state index is 10.1. The van der Waals surface area contributed by atoms with E-state index >= 15 is 0 Å². The standard InChI is InChI=1S/C5H9NO3/c1-3-4(6(7)8)5(3)9-2/h3-5H,1-2H3/t3-,4+,5-/m1/s1. The van der Waals surface area contributed by atoms with Crippen LogP contribution in [-0.2, 0) is 4.74 Å². The fourth-order valence-electron chi connectivity index (χ4n) is 1.07. The molecule has 0 heterocycles. The number of methoxy groups -OCH3 is 1. The molecule has 1 fully saturated rings. The first-order valence-electron chi connectivity index (χ1n) is 2.84. The predicted molar refractivity (Wildman–Crippen MR) is 30.7 cm³/mol. The molecule has 0 N–H and O–H groups in total. The Bertz CT molecular complexity index is 136. The van der Waals surface area contributed by atoms with Crippen molar-refractivity contribution in [3.63, 3.8) is 0 Å². The molecule has 0 unspecified atom stereocenters. The molecule has 9 heavy (non-hydrogen) atoms. The van der Waals surface area contributed by atoms with E-state index in [4.69, 9.17) is 4.74 Å². The van der Waals surface area contributed by atoms with E-state index in [2.05, 4.69) is 0 Å². The first kappa shape index (κ1) is 6.48. The number of rotatable bonds is 2. The summed E-state index contributed by atoms with van der Waals surface area (Å²) >= 11 is 0. The van der Waals surface area contributed by atoms with Crippen molar-refractivity contribution in [1.29, 1.82) is 0 Å². The van der Waals surface area contributed by atoms with Gasteiger partial charge in [-0.1, -0.05) is 6.92 Å². The van der Waals surface area contributed by atoms with Crippen molar-refractivity contribution < 1.29 is 9.66 Å². The minimum absolute atomic E-state index is 0.102. The average Bonchev–Trinajstić information content (AvgIpc) is 2.40. The molecule has 1 saturated carbocycles. The number of hydrogen-bond donors (Lipinski definition) is 0. The highest BCUT2D eigenvalue weighted by Crippen LogP contribution is 2.35. The highest BCUT2D eigenvalue weighted by molar-refractivity contribution is 4.96. The fourth-order valence-corrected chi connectivity index (χ4v) is 1.07. The largest absolute Gasteiger partial charge is 0.374 e. The van der Waals surface area contributed by atoms with Crippen molar-refractivity contribution in [3.8, 4) is 0 Å². The molecule has 0 aromatic carbocycles. The fraction of sp³-hybridized carbons (Fsp3) is 1.00. The summed E-state index contributed by atoms with van der Waals surface area (Å²) in [6.07, 6.45) is -0.139. The molecule has 1 aliphatic rings. The van der Waals surface area contributed by atoms with Gasteiger partial charge in [-0.05, 0) is 0 Å². The van der Waals surface area contributed by atoms with E-state index in [0.717, 1.165) is 0 Å². The Kier molecular flexibility index (Phi) is 1.40. The van der Waals surface area contributed by atoms with Crippen molar-refractivity contribution in [3.05, 3.63) is 10.1 Å². The van der Waals surface area contributed by atoms with Crippen molar-refractivity contribution in [2.75, 3.05) is 7.11 Å². The summed E-state index contributed by atoms with van der Waals surface area (Å²) in [5.74, 6) is 0.102. The summed E-state index contributed by atoms with van der Waals surface area (Å²) in [4.78, 5) is 9.79. The second kappa shape index (κ2) is 1.95. The Morgan fingerprint density at radius 3 is 2.33 bits per heavy atom. The molecule has 1 aliphatic carbocycles. The lowest BCUT2D eigenvalue weighted by Crippen LogP contribution is -2.07. The van der Waals surface area contributed by atoms with Gasteiger partial charge in [0.2, 0.25) is 6.04 Å². The van der Waals surface area contributed by atoms with Crippen molar-refractivity contribution in [2.24, 2.45) is 5.92 Å². The zero-order valence-electron chi connectivity index (χ0n) is 5.40. The first-order valence-corrected chi connectivity index (χ1v) is 2.84. The third-order valence-electron chi connectivity index (χ3n) is 1.77. The van der Waals surface area contributed by atoms with Gasteiger partial charge in [-0.15, -0.1) is 0 Å². The van der Waals surface area contributed by atoms with Crippen LogP contribution in [0.5, 0.6) is 0 Å². The summed E-state index contributed by atoms with van der Waals surface area (Å²) in [6.45, 7) is 1.82. The minimum atomic E-state index is -0.449. The van der Waals surface area contributed by atoms with Crippen LogP contribution in [0.3, 0.4) is 0 Å². The molecule has 0 spiro atoms. The minimum Gasteiger partial charge on any atom is -0.374 e. The molecular weight excluding hydrogens is 122 g/mol. The predicted octanol–water partition coefficient (Wildman–Crippen LogP) is 0.296. The maximum absolute atomic E-state index is 10.1. The average molecular weight is 131 g/mol. The zero-order valence-corrected chi connectivity index (χ0v) is 5.40. The van der Waals surface area contributed by atoms with E-state index in [9.17, 15) is 10.1 Å². The van der Waals surface area contributed by atoms with Crippen LogP contribution in [-0.4, -0.2) is 24.2 Å². The van der Waals surface area contributed by atoms with Crippen LogP contribution in [0.25, 0.3) is 0 Å². The monoisotopic (exact) mass is 131 g/mol. The van der Waals surface area contributed by atoms with E-state index in [-0.39, 0.29) is 16.9 Å². The Balaban J connectivity index is 2.42. The van der Waals surface area contributed by atoms with Crippen molar-refractivity contribution in [2.45, 2.75) is 19.1 Å². The van der Waals surface area contributed by atoms with Gasteiger partial charge < -0.3 is 4.74 Å². The van der Waals surface area contributed by atoms with Gasteiger partial charge >= 0.3 is 0 Å².